The van der Waals surface area contributed by atoms with Crippen LogP contribution in [-0.4, -0.2) is 14.1 Å². The Bertz CT molecular complexity index is 355. The highest BCUT2D eigenvalue weighted by atomic mass is 27.2. The highest BCUT2D eigenvalue weighted by Crippen LogP contribution is 2.22. The lowest BCUT2D eigenvalue weighted by Gasteiger charge is -2.19. The molecular formula is C18H29Al. The quantitative estimate of drug-likeness (QED) is 0.546. The van der Waals surface area contributed by atoms with Gasteiger partial charge in [0.05, 0.1) is 0 Å². The molecule has 0 aliphatic rings. The average Bonchev–Trinajstić information content (AvgIpc) is 2.35. The first kappa shape index (κ1) is 16.5. The molecule has 1 heteroatoms. The molecule has 0 nitrogen and oxygen atoms in total. The lowest BCUT2D eigenvalue weighted by molar-refractivity contribution is 0.690. The maximum atomic E-state index is 4.44. The van der Waals surface area contributed by atoms with Crippen molar-refractivity contribution in [2.45, 2.75) is 51.1 Å². The van der Waals surface area contributed by atoms with E-state index in [-0.39, 0.29) is 0 Å². The summed E-state index contributed by atoms with van der Waals surface area (Å²) in [6.07, 6.45) is 2.36. The van der Waals surface area contributed by atoms with Crippen molar-refractivity contribution in [2.24, 2.45) is 11.8 Å². The van der Waals surface area contributed by atoms with Crippen molar-refractivity contribution in [1.82, 2.24) is 0 Å². The van der Waals surface area contributed by atoms with Crippen LogP contribution in [0.2, 0.25) is 10.6 Å². The van der Waals surface area contributed by atoms with E-state index in [2.05, 4.69) is 64.6 Å². The maximum absolute atomic E-state index is 4.44. The SMILES string of the molecule is C=[C](CCc1ccccc1)[Al]([CH2]C(C)C)[CH2]C(C)C. The van der Waals surface area contributed by atoms with Crippen molar-refractivity contribution in [2.75, 3.05) is 0 Å². The minimum atomic E-state index is -0.779. The van der Waals surface area contributed by atoms with Crippen molar-refractivity contribution >= 4 is 14.1 Å². The van der Waals surface area contributed by atoms with Gasteiger partial charge in [0.2, 0.25) is 0 Å². The molecule has 0 unspecified atom stereocenters. The highest BCUT2D eigenvalue weighted by molar-refractivity contribution is 6.66. The van der Waals surface area contributed by atoms with Crippen molar-refractivity contribution in [3.63, 3.8) is 0 Å². The smallest absolute Gasteiger partial charge is 0.137 e. The van der Waals surface area contributed by atoms with Gasteiger partial charge in [0.1, 0.15) is 0 Å². The van der Waals surface area contributed by atoms with Gasteiger partial charge in [-0.15, -0.1) is 11.0 Å². The summed E-state index contributed by atoms with van der Waals surface area (Å²) in [6.45, 7) is 13.8. The summed E-state index contributed by atoms with van der Waals surface area (Å²) in [7, 11) is 0. The van der Waals surface area contributed by atoms with Crippen LogP contribution in [0.5, 0.6) is 0 Å². The number of hydrogen-bond donors (Lipinski definition) is 0. The summed E-state index contributed by atoms with van der Waals surface area (Å²) >= 11 is -0.779. The Morgan fingerprint density at radius 1 is 1.00 bits per heavy atom. The van der Waals surface area contributed by atoms with Gasteiger partial charge >= 0.3 is 0 Å². The van der Waals surface area contributed by atoms with Gasteiger partial charge in [-0.3, -0.25) is 0 Å². The van der Waals surface area contributed by atoms with Crippen molar-refractivity contribution in [1.29, 1.82) is 0 Å². The molecule has 0 bridgehead atoms. The second kappa shape index (κ2) is 8.62. The third-order valence-electron chi connectivity index (χ3n) is 3.67. The molecule has 104 valence electrons. The van der Waals surface area contributed by atoms with E-state index in [0.717, 1.165) is 11.8 Å². The normalized spacial score (nSPS) is 11.1. The van der Waals surface area contributed by atoms with Gasteiger partial charge in [-0.2, -0.15) is 0 Å². The Morgan fingerprint density at radius 3 is 2.00 bits per heavy atom. The van der Waals surface area contributed by atoms with Crippen molar-refractivity contribution < 1.29 is 0 Å². The summed E-state index contributed by atoms with van der Waals surface area (Å²) in [6, 6.07) is 10.8. The van der Waals surface area contributed by atoms with E-state index >= 15 is 0 Å². The average molecular weight is 272 g/mol. The predicted octanol–water partition coefficient (Wildman–Crippen LogP) is 5.52. The molecule has 0 saturated carbocycles. The monoisotopic (exact) mass is 272 g/mol. The van der Waals surface area contributed by atoms with E-state index in [4.69, 9.17) is 0 Å². The first-order chi connectivity index (χ1) is 8.99. The van der Waals surface area contributed by atoms with Gasteiger partial charge < -0.3 is 0 Å². The fourth-order valence-corrected chi connectivity index (χ4v) is 6.41. The molecule has 0 spiro atoms. The molecule has 1 aromatic carbocycles. The molecule has 1 rings (SSSR count). The van der Waals surface area contributed by atoms with Gasteiger partial charge in [0, 0.05) is 0 Å². The van der Waals surface area contributed by atoms with E-state index in [1.807, 2.05) is 0 Å². The van der Waals surface area contributed by atoms with E-state index in [1.165, 1.54) is 29.0 Å². The van der Waals surface area contributed by atoms with E-state index < -0.39 is 14.1 Å². The standard InChI is InChI=1S/C10H11.2C4H9.Al/c1-2-3-7-10-8-5-4-6-9-10;2*1-4(2)3;/h4-6,8-9H,1,3,7H2;2*4H,1H2,2-3H3;. The molecule has 0 atom stereocenters. The summed E-state index contributed by atoms with van der Waals surface area (Å²) in [5, 5.41) is 2.84. The van der Waals surface area contributed by atoms with Crippen LogP contribution in [0, 0.1) is 11.8 Å². The van der Waals surface area contributed by atoms with Crippen LogP contribution in [0.3, 0.4) is 0 Å². The molecule has 0 aliphatic carbocycles. The number of benzene rings is 1. The number of allylic oxidation sites excluding steroid dienone is 1. The minimum Gasteiger partial charge on any atom is -0.137 e. The minimum absolute atomic E-state index is 0.779. The molecule has 0 aromatic heterocycles. The highest BCUT2D eigenvalue weighted by Gasteiger charge is 2.22. The molecule has 0 fully saturated rings. The van der Waals surface area contributed by atoms with Crippen LogP contribution in [-0.2, 0) is 6.42 Å². The Morgan fingerprint density at radius 2 is 1.53 bits per heavy atom. The van der Waals surface area contributed by atoms with Crippen LogP contribution < -0.4 is 0 Å². The topological polar surface area (TPSA) is 0 Å². The first-order valence-electron chi connectivity index (χ1n) is 7.70. The second-order valence-electron chi connectivity index (χ2n) is 6.60. The maximum Gasteiger partial charge on any atom is 0.298 e. The third-order valence-corrected chi connectivity index (χ3v) is 8.13. The van der Waals surface area contributed by atoms with Crippen molar-refractivity contribution in [3.05, 3.63) is 46.9 Å². The second-order valence-corrected chi connectivity index (χ2v) is 9.75. The lowest BCUT2D eigenvalue weighted by Crippen LogP contribution is -2.21. The summed E-state index contributed by atoms with van der Waals surface area (Å²) in [5.74, 6) is 1.65. The van der Waals surface area contributed by atoms with Crippen LogP contribution in [0.4, 0.5) is 0 Å². The number of rotatable bonds is 8. The molecular weight excluding hydrogens is 243 g/mol. The van der Waals surface area contributed by atoms with Gasteiger partial charge in [0.15, 0.2) is 0 Å². The van der Waals surface area contributed by atoms with Crippen molar-refractivity contribution in [3.8, 4) is 0 Å². The Kier molecular flexibility index (Phi) is 7.51. The predicted molar refractivity (Wildman–Crippen MR) is 88.9 cm³/mol. The fraction of sp³-hybridized carbons (Fsp3) is 0.556. The van der Waals surface area contributed by atoms with Crippen LogP contribution >= 0.6 is 0 Å². The molecule has 0 aliphatic heterocycles. The Balaban J connectivity index is 2.51. The van der Waals surface area contributed by atoms with Gasteiger partial charge in [0.25, 0.3) is 14.1 Å². The number of hydrogen-bond acceptors (Lipinski definition) is 0. The first-order valence-corrected chi connectivity index (χ1v) is 9.91. The molecule has 0 radical (unpaired) electrons. The van der Waals surface area contributed by atoms with E-state index in [9.17, 15) is 0 Å². The summed E-state index contributed by atoms with van der Waals surface area (Å²) in [5.41, 5.74) is 1.45. The van der Waals surface area contributed by atoms with Crippen LogP contribution in [0.15, 0.2) is 41.3 Å². The zero-order valence-corrected chi connectivity index (χ0v) is 14.3. The third kappa shape index (κ3) is 7.00. The lowest BCUT2D eigenvalue weighted by atomic mass is 10.1. The van der Waals surface area contributed by atoms with Crippen LogP contribution in [0.1, 0.15) is 39.7 Å². The molecule has 19 heavy (non-hydrogen) atoms. The van der Waals surface area contributed by atoms with Gasteiger partial charge in [-0.25, -0.2) is 0 Å². The van der Waals surface area contributed by atoms with E-state index in [1.54, 1.807) is 4.44 Å². The Labute approximate surface area is 124 Å². The summed E-state index contributed by atoms with van der Waals surface area (Å²) < 4.78 is 1.59. The largest absolute Gasteiger partial charge is 0.298 e. The molecule has 0 saturated heterocycles. The van der Waals surface area contributed by atoms with Gasteiger partial charge in [-0.1, -0.05) is 80.4 Å². The zero-order chi connectivity index (χ0) is 14.3. The van der Waals surface area contributed by atoms with E-state index in [0.29, 0.717) is 0 Å². The summed E-state index contributed by atoms with van der Waals surface area (Å²) in [4.78, 5) is 0. The molecule has 0 amide bonds. The number of aryl methyl sites for hydroxylation is 1. The Hall–Kier alpha value is -0.508. The van der Waals surface area contributed by atoms with Crippen LogP contribution in [0.25, 0.3) is 0 Å². The van der Waals surface area contributed by atoms with Gasteiger partial charge in [-0.05, 0) is 18.4 Å². The fourth-order valence-electron chi connectivity index (χ4n) is 2.72. The molecule has 0 N–H and O–H groups in total. The molecule has 1 aromatic rings. The molecule has 0 heterocycles. The zero-order valence-electron chi connectivity index (χ0n) is 13.2.